The van der Waals surface area contributed by atoms with Gasteiger partial charge in [-0.2, -0.15) is 0 Å². The van der Waals surface area contributed by atoms with Gasteiger partial charge in [0.25, 0.3) is 0 Å². The van der Waals surface area contributed by atoms with Crippen molar-refractivity contribution in [3.63, 3.8) is 0 Å². The van der Waals surface area contributed by atoms with E-state index in [-0.39, 0.29) is 5.75 Å². The highest BCUT2D eigenvalue weighted by atomic mass is 32.2. The van der Waals surface area contributed by atoms with E-state index in [1.54, 1.807) is 0 Å². The van der Waals surface area contributed by atoms with Gasteiger partial charge in [-0.15, -0.1) is 0 Å². The van der Waals surface area contributed by atoms with Gasteiger partial charge >= 0.3 is 0 Å². The highest BCUT2D eigenvalue weighted by Gasteiger charge is 2.01. The zero-order chi connectivity index (χ0) is 13.0. The molecule has 0 bridgehead atoms. The molecule has 0 spiro atoms. The normalized spacial score (nSPS) is 11.9. The molecule has 2 N–H and O–H groups in total. The maximum Gasteiger partial charge on any atom is 0.209 e. The van der Waals surface area contributed by atoms with Crippen LogP contribution in [0.4, 0.5) is 0 Å². The van der Waals surface area contributed by atoms with E-state index in [9.17, 15) is 8.42 Å². The van der Waals surface area contributed by atoms with Gasteiger partial charge in [-0.25, -0.2) is 13.6 Å². The van der Waals surface area contributed by atoms with Gasteiger partial charge in [-0.3, -0.25) is 0 Å². The Balaban J connectivity index is 3.04. The van der Waals surface area contributed by atoms with Crippen molar-refractivity contribution < 1.29 is 8.42 Å². The number of primary sulfonamides is 1. The summed E-state index contributed by atoms with van der Waals surface area (Å²) < 4.78 is 21.3. The molecule has 0 rings (SSSR count). The van der Waals surface area contributed by atoms with Crippen molar-refractivity contribution in [2.75, 3.05) is 5.75 Å². The van der Waals surface area contributed by atoms with Crippen molar-refractivity contribution in [1.82, 2.24) is 0 Å². The predicted octanol–water partition coefficient (Wildman–Crippen LogP) is 3.59. The van der Waals surface area contributed by atoms with Crippen LogP contribution in [0.1, 0.15) is 77.6 Å². The lowest BCUT2D eigenvalue weighted by Crippen LogP contribution is -2.16. The van der Waals surface area contributed by atoms with Crippen LogP contribution in [0.5, 0.6) is 0 Å². The lowest BCUT2D eigenvalue weighted by Gasteiger charge is -2.02. The van der Waals surface area contributed by atoms with Gasteiger partial charge in [0.2, 0.25) is 10.0 Å². The minimum Gasteiger partial charge on any atom is -0.229 e. The second-order valence-electron chi connectivity index (χ2n) is 4.90. The Morgan fingerprint density at radius 3 is 1.41 bits per heavy atom. The van der Waals surface area contributed by atoms with Crippen molar-refractivity contribution in [2.24, 2.45) is 5.14 Å². The van der Waals surface area contributed by atoms with E-state index in [4.69, 9.17) is 5.14 Å². The molecule has 3 nitrogen and oxygen atoms in total. The fraction of sp³-hybridized carbons (Fsp3) is 1.00. The SMILES string of the molecule is CCCCCCCCCCCCCS(N)(=O)=O. The first kappa shape index (κ1) is 16.9. The van der Waals surface area contributed by atoms with E-state index >= 15 is 0 Å². The number of hydrogen-bond acceptors (Lipinski definition) is 2. The van der Waals surface area contributed by atoms with Gasteiger partial charge in [0.05, 0.1) is 5.75 Å². The summed E-state index contributed by atoms with van der Waals surface area (Å²) in [7, 11) is -3.23. The highest BCUT2D eigenvalue weighted by Crippen LogP contribution is 2.11. The van der Waals surface area contributed by atoms with Crippen LogP contribution >= 0.6 is 0 Å². The smallest absolute Gasteiger partial charge is 0.209 e. The summed E-state index contributed by atoms with van der Waals surface area (Å²) in [6, 6.07) is 0. The summed E-state index contributed by atoms with van der Waals surface area (Å²) in [6.07, 6.45) is 13.5. The maximum atomic E-state index is 10.7. The molecule has 0 radical (unpaired) electrons. The quantitative estimate of drug-likeness (QED) is 0.547. The molecule has 0 heterocycles. The van der Waals surface area contributed by atoms with Crippen LogP contribution in [0.25, 0.3) is 0 Å². The molecule has 0 fully saturated rings. The number of unbranched alkanes of at least 4 members (excludes halogenated alkanes) is 10. The third kappa shape index (κ3) is 15.9. The van der Waals surface area contributed by atoms with Crippen LogP contribution in [-0.2, 0) is 10.0 Å². The average molecular weight is 263 g/mol. The van der Waals surface area contributed by atoms with Crippen molar-refractivity contribution in [2.45, 2.75) is 77.6 Å². The Kier molecular flexibility index (Phi) is 11.0. The molecule has 0 aliphatic rings. The zero-order valence-electron chi connectivity index (χ0n) is 11.3. The molecule has 0 unspecified atom stereocenters. The van der Waals surface area contributed by atoms with Crippen LogP contribution in [0.15, 0.2) is 0 Å². The first-order valence-corrected chi connectivity index (χ1v) is 8.78. The molecule has 0 saturated carbocycles. The minimum absolute atomic E-state index is 0.143. The fourth-order valence-electron chi connectivity index (χ4n) is 1.97. The minimum atomic E-state index is -3.23. The number of rotatable bonds is 12. The topological polar surface area (TPSA) is 60.2 Å². The molecule has 0 aromatic heterocycles. The predicted molar refractivity (Wildman–Crippen MR) is 74.4 cm³/mol. The van der Waals surface area contributed by atoms with Crippen LogP contribution < -0.4 is 5.14 Å². The molecule has 0 aliphatic heterocycles. The Morgan fingerprint density at radius 2 is 1.06 bits per heavy atom. The summed E-state index contributed by atoms with van der Waals surface area (Å²) in [4.78, 5) is 0. The van der Waals surface area contributed by atoms with Gasteiger partial charge in [0.15, 0.2) is 0 Å². The average Bonchev–Trinajstić information content (AvgIpc) is 2.24. The van der Waals surface area contributed by atoms with Crippen LogP contribution in [0.2, 0.25) is 0 Å². The largest absolute Gasteiger partial charge is 0.229 e. The van der Waals surface area contributed by atoms with E-state index in [2.05, 4.69) is 6.92 Å². The van der Waals surface area contributed by atoms with E-state index in [1.807, 2.05) is 0 Å². The van der Waals surface area contributed by atoms with E-state index < -0.39 is 10.0 Å². The summed E-state index contributed by atoms with van der Waals surface area (Å²) >= 11 is 0. The van der Waals surface area contributed by atoms with Crippen molar-refractivity contribution in [3.8, 4) is 0 Å². The number of hydrogen-bond donors (Lipinski definition) is 1. The third-order valence-electron chi connectivity index (χ3n) is 3.03. The molecule has 0 aromatic rings. The molecule has 0 atom stereocenters. The molecule has 104 valence electrons. The molecule has 0 saturated heterocycles. The third-order valence-corrected chi connectivity index (χ3v) is 3.89. The molecule has 4 heteroatoms. The maximum absolute atomic E-state index is 10.7. The van der Waals surface area contributed by atoms with E-state index in [1.165, 1.54) is 51.4 Å². The summed E-state index contributed by atoms with van der Waals surface area (Å²) in [6.45, 7) is 2.24. The lowest BCUT2D eigenvalue weighted by molar-refractivity contribution is 0.551. The zero-order valence-corrected chi connectivity index (χ0v) is 12.1. The molecular weight excluding hydrogens is 234 g/mol. The molecule has 0 amide bonds. The van der Waals surface area contributed by atoms with Crippen LogP contribution in [0, 0.1) is 0 Å². The molecule has 17 heavy (non-hydrogen) atoms. The number of sulfonamides is 1. The number of nitrogens with two attached hydrogens (primary N) is 1. The van der Waals surface area contributed by atoms with Gasteiger partial charge in [0, 0.05) is 0 Å². The highest BCUT2D eigenvalue weighted by molar-refractivity contribution is 7.89. The summed E-state index contributed by atoms with van der Waals surface area (Å²) in [5.74, 6) is 0.143. The lowest BCUT2D eigenvalue weighted by atomic mass is 10.1. The summed E-state index contributed by atoms with van der Waals surface area (Å²) in [5.41, 5.74) is 0. The Morgan fingerprint density at radius 1 is 0.706 bits per heavy atom. The van der Waals surface area contributed by atoms with Crippen molar-refractivity contribution in [3.05, 3.63) is 0 Å². The Labute approximate surface area is 107 Å². The van der Waals surface area contributed by atoms with E-state index in [0.29, 0.717) is 0 Å². The first-order chi connectivity index (χ1) is 8.06. The van der Waals surface area contributed by atoms with E-state index in [0.717, 1.165) is 19.3 Å². The van der Waals surface area contributed by atoms with Gasteiger partial charge in [0.1, 0.15) is 0 Å². The molecule has 0 aliphatic carbocycles. The Hall–Kier alpha value is -0.0900. The molecular formula is C13H29NO2S. The second-order valence-corrected chi connectivity index (χ2v) is 6.64. The standard InChI is InChI=1S/C13H29NO2S/c1-2-3-4-5-6-7-8-9-10-11-12-13-17(14,15)16/h2-13H2,1H3,(H2,14,15,16). The van der Waals surface area contributed by atoms with Crippen molar-refractivity contribution in [1.29, 1.82) is 0 Å². The van der Waals surface area contributed by atoms with Gasteiger partial charge in [-0.05, 0) is 6.42 Å². The second kappa shape index (κ2) is 11.0. The van der Waals surface area contributed by atoms with Crippen molar-refractivity contribution >= 4 is 10.0 Å². The Bertz CT molecular complexity index is 250. The summed E-state index contributed by atoms with van der Waals surface area (Å²) in [5, 5.41) is 4.93. The first-order valence-electron chi connectivity index (χ1n) is 7.06. The monoisotopic (exact) mass is 263 g/mol. The van der Waals surface area contributed by atoms with Gasteiger partial charge < -0.3 is 0 Å². The van der Waals surface area contributed by atoms with Crippen LogP contribution in [-0.4, -0.2) is 14.2 Å². The van der Waals surface area contributed by atoms with Crippen LogP contribution in [0.3, 0.4) is 0 Å². The molecule has 0 aromatic carbocycles. The fourth-order valence-corrected chi connectivity index (χ4v) is 2.57. The van der Waals surface area contributed by atoms with Gasteiger partial charge in [-0.1, -0.05) is 71.1 Å².